The number of carbonyl (C=O) groups is 1. The number of rotatable bonds is 2. The van der Waals surface area contributed by atoms with E-state index in [0.717, 1.165) is 17.9 Å². The minimum absolute atomic E-state index is 0.00458. The van der Waals surface area contributed by atoms with E-state index < -0.39 is 17.3 Å². The summed E-state index contributed by atoms with van der Waals surface area (Å²) in [6.07, 6.45) is 0. The summed E-state index contributed by atoms with van der Waals surface area (Å²) in [6, 6.07) is 2.05. The van der Waals surface area contributed by atoms with Crippen molar-refractivity contribution in [1.82, 2.24) is 4.90 Å². The predicted molar refractivity (Wildman–Crippen MR) is 76.6 cm³/mol. The van der Waals surface area contributed by atoms with Gasteiger partial charge in [0.25, 0.3) is 5.91 Å². The van der Waals surface area contributed by atoms with Crippen LogP contribution in [0.5, 0.6) is 0 Å². The lowest BCUT2D eigenvalue weighted by atomic mass is 10.1. The first-order valence-corrected chi connectivity index (χ1v) is 7.38. The van der Waals surface area contributed by atoms with Crippen molar-refractivity contribution in [2.75, 3.05) is 17.7 Å². The van der Waals surface area contributed by atoms with Crippen LogP contribution >= 0.6 is 11.8 Å². The fourth-order valence-electron chi connectivity index (χ4n) is 2.22. The number of nitrogen functional groups attached to an aromatic ring is 1. The summed E-state index contributed by atoms with van der Waals surface area (Å²) < 4.78 is 27.3. The zero-order valence-corrected chi connectivity index (χ0v) is 12.1. The molecule has 4 nitrogen and oxygen atoms in total. The highest BCUT2D eigenvalue weighted by Crippen LogP contribution is 2.27. The van der Waals surface area contributed by atoms with Crippen LogP contribution in [-0.4, -0.2) is 34.4 Å². The van der Waals surface area contributed by atoms with Gasteiger partial charge >= 0.3 is 0 Å². The van der Waals surface area contributed by atoms with Gasteiger partial charge < -0.3 is 10.3 Å². The number of benzene rings is 1. The molecule has 2 rings (SSSR count). The molecule has 2 atom stereocenters. The normalized spacial score (nSPS) is 22.8. The summed E-state index contributed by atoms with van der Waals surface area (Å²) in [5, 5.41) is 0.298. The molecular formula is C13H17F2N3OS. The molecule has 1 saturated heterocycles. The fraction of sp³-hybridized carbons (Fsp3) is 0.462. The standard InChI is InChI=1S/C13H17F2N3OS/c1-7-8(2)20-4-3-18(7)13(19)9-5-10(14)12(17-16)11(15)6-9/h5-8,17H,3-4,16H2,1-2H3. The van der Waals surface area contributed by atoms with Gasteiger partial charge in [-0.25, -0.2) is 8.78 Å². The fourth-order valence-corrected chi connectivity index (χ4v) is 3.32. The van der Waals surface area contributed by atoms with Gasteiger partial charge in [0, 0.05) is 29.2 Å². The quantitative estimate of drug-likeness (QED) is 0.649. The number of anilines is 1. The molecule has 1 aromatic carbocycles. The number of halogens is 2. The lowest BCUT2D eigenvalue weighted by Gasteiger charge is -2.37. The first kappa shape index (κ1) is 15.1. The number of amides is 1. The van der Waals surface area contributed by atoms with Crippen LogP contribution in [0.3, 0.4) is 0 Å². The van der Waals surface area contributed by atoms with Gasteiger partial charge in [0.15, 0.2) is 11.6 Å². The molecule has 1 fully saturated rings. The third kappa shape index (κ3) is 2.73. The second-order valence-corrected chi connectivity index (χ2v) is 6.26. The molecule has 1 aliphatic heterocycles. The minimum atomic E-state index is -0.872. The number of thioether (sulfide) groups is 1. The van der Waals surface area contributed by atoms with Gasteiger partial charge in [-0.1, -0.05) is 6.92 Å². The topological polar surface area (TPSA) is 58.4 Å². The lowest BCUT2D eigenvalue weighted by Crippen LogP contribution is -2.48. The maximum atomic E-state index is 13.7. The van der Waals surface area contributed by atoms with Gasteiger partial charge in [0.1, 0.15) is 5.69 Å². The summed E-state index contributed by atoms with van der Waals surface area (Å²) in [5.74, 6) is 3.76. The van der Waals surface area contributed by atoms with Crippen molar-refractivity contribution < 1.29 is 13.6 Å². The van der Waals surface area contributed by atoms with Crippen LogP contribution in [0.4, 0.5) is 14.5 Å². The molecule has 0 saturated carbocycles. The molecule has 110 valence electrons. The molecule has 1 heterocycles. The highest BCUT2D eigenvalue weighted by atomic mass is 32.2. The second-order valence-electron chi connectivity index (χ2n) is 4.77. The second kappa shape index (κ2) is 5.97. The number of hydrogen-bond donors (Lipinski definition) is 2. The van der Waals surface area contributed by atoms with E-state index in [9.17, 15) is 13.6 Å². The van der Waals surface area contributed by atoms with Gasteiger partial charge in [-0.2, -0.15) is 11.8 Å². The Balaban J connectivity index is 2.29. The number of hydrogen-bond acceptors (Lipinski definition) is 4. The SMILES string of the molecule is CC1SCCN(C(=O)c2cc(F)c(NN)c(F)c2)C1C. The average molecular weight is 301 g/mol. The largest absolute Gasteiger partial charge is 0.334 e. The Morgan fingerprint density at radius 1 is 1.40 bits per heavy atom. The van der Waals surface area contributed by atoms with Crippen molar-refractivity contribution in [3.63, 3.8) is 0 Å². The Kier molecular flexibility index (Phi) is 4.49. The van der Waals surface area contributed by atoms with Crippen molar-refractivity contribution in [1.29, 1.82) is 0 Å². The summed E-state index contributed by atoms with van der Waals surface area (Å²) in [5.41, 5.74) is 1.52. The molecule has 20 heavy (non-hydrogen) atoms. The van der Waals surface area contributed by atoms with Gasteiger partial charge in [0.2, 0.25) is 0 Å². The van der Waals surface area contributed by atoms with E-state index >= 15 is 0 Å². The summed E-state index contributed by atoms with van der Waals surface area (Å²) in [4.78, 5) is 14.0. The maximum absolute atomic E-state index is 13.7. The molecular weight excluding hydrogens is 284 g/mol. The predicted octanol–water partition coefficient (Wildman–Crippen LogP) is 2.22. The van der Waals surface area contributed by atoms with E-state index in [1.165, 1.54) is 0 Å². The van der Waals surface area contributed by atoms with Gasteiger partial charge in [-0.15, -0.1) is 0 Å². The van der Waals surface area contributed by atoms with Crippen LogP contribution in [0, 0.1) is 11.6 Å². The van der Waals surface area contributed by atoms with E-state index in [1.807, 2.05) is 19.3 Å². The third-order valence-corrected chi connectivity index (χ3v) is 4.92. The molecule has 1 amide bonds. The Hall–Kier alpha value is -1.34. The highest BCUT2D eigenvalue weighted by molar-refractivity contribution is 8.00. The number of hydrazine groups is 1. The lowest BCUT2D eigenvalue weighted by molar-refractivity contribution is 0.0697. The van der Waals surface area contributed by atoms with Gasteiger partial charge in [-0.3, -0.25) is 10.6 Å². The van der Waals surface area contributed by atoms with Crippen molar-refractivity contribution in [2.45, 2.75) is 25.1 Å². The summed E-state index contributed by atoms with van der Waals surface area (Å²) >= 11 is 1.79. The van der Waals surface area contributed by atoms with E-state index in [0.29, 0.717) is 11.8 Å². The summed E-state index contributed by atoms with van der Waals surface area (Å²) in [7, 11) is 0. The number of nitrogens with two attached hydrogens (primary N) is 1. The molecule has 0 spiro atoms. The maximum Gasteiger partial charge on any atom is 0.254 e. The van der Waals surface area contributed by atoms with Gasteiger partial charge in [0.05, 0.1) is 0 Å². The Morgan fingerprint density at radius 2 is 2.00 bits per heavy atom. The summed E-state index contributed by atoms with van der Waals surface area (Å²) in [6.45, 7) is 4.56. The van der Waals surface area contributed by atoms with Crippen molar-refractivity contribution in [2.24, 2.45) is 5.84 Å². The molecule has 0 bridgehead atoms. The molecule has 7 heteroatoms. The van der Waals surface area contributed by atoms with Crippen LogP contribution in [0.1, 0.15) is 24.2 Å². The smallest absolute Gasteiger partial charge is 0.254 e. The molecule has 3 N–H and O–H groups in total. The zero-order valence-electron chi connectivity index (χ0n) is 11.3. The van der Waals surface area contributed by atoms with Crippen molar-refractivity contribution in [3.8, 4) is 0 Å². The molecule has 0 aliphatic carbocycles. The minimum Gasteiger partial charge on any atom is -0.334 e. The van der Waals surface area contributed by atoms with Gasteiger partial charge in [-0.05, 0) is 19.1 Å². The average Bonchev–Trinajstić information content (AvgIpc) is 2.41. The molecule has 0 aromatic heterocycles. The van der Waals surface area contributed by atoms with Crippen LogP contribution in [-0.2, 0) is 0 Å². The van der Waals surface area contributed by atoms with E-state index in [1.54, 1.807) is 16.7 Å². The van der Waals surface area contributed by atoms with Crippen LogP contribution in [0.15, 0.2) is 12.1 Å². The molecule has 2 unspecified atom stereocenters. The van der Waals surface area contributed by atoms with Crippen molar-refractivity contribution in [3.05, 3.63) is 29.3 Å². The Labute approximate surface area is 120 Å². The molecule has 1 aromatic rings. The van der Waals surface area contributed by atoms with Crippen LogP contribution in [0.2, 0.25) is 0 Å². The molecule has 0 radical (unpaired) electrons. The van der Waals surface area contributed by atoms with Crippen LogP contribution in [0.25, 0.3) is 0 Å². The van der Waals surface area contributed by atoms with E-state index in [2.05, 4.69) is 0 Å². The first-order chi connectivity index (χ1) is 9.45. The number of carbonyl (C=O) groups excluding carboxylic acids is 1. The monoisotopic (exact) mass is 301 g/mol. The highest BCUT2D eigenvalue weighted by Gasteiger charge is 2.30. The zero-order chi connectivity index (χ0) is 14.9. The third-order valence-electron chi connectivity index (χ3n) is 3.58. The molecule has 1 aliphatic rings. The Bertz CT molecular complexity index is 503. The van der Waals surface area contributed by atoms with Crippen molar-refractivity contribution >= 4 is 23.4 Å². The van der Waals surface area contributed by atoms with E-state index in [4.69, 9.17) is 5.84 Å². The van der Waals surface area contributed by atoms with Crippen LogP contribution < -0.4 is 11.3 Å². The number of nitrogens with one attached hydrogen (secondary N) is 1. The number of nitrogens with zero attached hydrogens (tertiary/aromatic N) is 1. The Morgan fingerprint density at radius 3 is 2.55 bits per heavy atom. The van der Waals surface area contributed by atoms with E-state index in [-0.39, 0.29) is 17.5 Å². The first-order valence-electron chi connectivity index (χ1n) is 6.34.